The molecule has 0 bridgehead atoms. The fourth-order valence-corrected chi connectivity index (χ4v) is 2.07. The summed E-state index contributed by atoms with van der Waals surface area (Å²) < 4.78 is 1.97. The Balaban J connectivity index is 2.16. The average Bonchev–Trinajstić information content (AvgIpc) is 2.78. The number of aromatic nitrogens is 3. The summed E-state index contributed by atoms with van der Waals surface area (Å²) in [6, 6.07) is 0. The molecule has 0 aliphatic carbocycles. The second kappa shape index (κ2) is 8.31. The molecule has 0 amide bonds. The fourth-order valence-electron chi connectivity index (χ4n) is 2.07. The molecule has 0 aliphatic rings. The van der Waals surface area contributed by atoms with E-state index in [2.05, 4.69) is 23.4 Å². The molecule has 0 unspecified atom stereocenters. The Hall–Kier alpha value is -0.900. The molecule has 0 saturated carbocycles. The van der Waals surface area contributed by atoms with E-state index in [1.54, 1.807) is 0 Å². The summed E-state index contributed by atoms with van der Waals surface area (Å²) in [7, 11) is 0. The summed E-state index contributed by atoms with van der Waals surface area (Å²) in [5, 5.41) is 8.38. The van der Waals surface area contributed by atoms with Gasteiger partial charge < -0.3 is 5.73 Å². The third-order valence-corrected chi connectivity index (χ3v) is 3.35. The quantitative estimate of drug-likeness (QED) is 0.661. The number of hydrogen-bond acceptors (Lipinski definition) is 3. The Morgan fingerprint density at radius 1 is 1.16 bits per heavy atom. The predicted octanol–water partition coefficient (Wildman–Crippen LogP) is 3.31. The Morgan fingerprint density at radius 3 is 2.53 bits per heavy atom. The molecule has 0 spiro atoms. The molecule has 110 valence electrons. The Labute approximate surface area is 117 Å². The van der Waals surface area contributed by atoms with Gasteiger partial charge in [-0.25, -0.2) is 0 Å². The van der Waals surface area contributed by atoms with Crippen LogP contribution in [0.5, 0.6) is 0 Å². The molecule has 0 fully saturated rings. The monoisotopic (exact) mass is 266 g/mol. The molecule has 1 aromatic rings. The second-order valence-electron chi connectivity index (χ2n) is 6.23. The van der Waals surface area contributed by atoms with Gasteiger partial charge in [0.2, 0.25) is 0 Å². The summed E-state index contributed by atoms with van der Waals surface area (Å²) in [5.41, 5.74) is 6.91. The van der Waals surface area contributed by atoms with Crippen molar-refractivity contribution in [3.8, 4) is 0 Å². The maximum absolute atomic E-state index is 5.97. The standard InChI is InChI=1S/C15H30N4/c1-4-5-6-7-8-9-12-19-13-14(17-18-19)10-11-15(2,3)16/h13H,4-12,16H2,1-3H3. The number of aryl methyl sites for hydroxylation is 2. The topological polar surface area (TPSA) is 56.7 Å². The first-order valence-corrected chi connectivity index (χ1v) is 7.69. The van der Waals surface area contributed by atoms with Gasteiger partial charge in [0.15, 0.2) is 0 Å². The van der Waals surface area contributed by atoms with Crippen LogP contribution >= 0.6 is 0 Å². The summed E-state index contributed by atoms with van der Waals surface area (Å²) in [4.78, 5) is 0. The zero-order valence-corrected chi connectivity index (χ0v) is 12.9. The summed E-state index contributed by atoms with van der Waals surface area (Å²) in [6.07, 6.45) is 11.8. The molecular formula is C15H30N4. The molecule has 0 aliphatic heterocycles. The zero-order valence-electron chi connectivity index (χ0n) is 12.9. The van der Waals surface area contributed by atoms with Crippen molar-refractivity contribution < 1.29 is 0 Å². The van der Waals surface area contributed by atoms with E-state index >= 15 is 0 Å². The van der Waals surface area contributed by atoms with Crippen molar-refractivity contribution in [2.75, 3.05) is 0 Å². The Bertz CT molecular complexity index is 338. The van der Waals surface area contributed by atoms with E-state index in [9.17, 15) is 0 Å². The highest BCUT2D eigenvalue weighted by Gasteiger charge is 2.11. The highest BCUT2D eigenvalue weighted by atomic mass is 15.4. The largest absolute Gasteiger partial charge is 0.326 e. The maximum Gasteiger partial charge on any atom is 0.0827 e. The van der Waals surface area contributed by atoms with E-state index in [1.807, 2.05) is 18.5 Å². The van der Waals surface area contributed by atoms with Gasteiger partial charge in [0, 0.05) is 18.3 Å². The van der Waals surface area contributed by atoms with E-state index in [1.165, 1.54) is 38.5 Å². The van der Waals surface area contributed by atoms with Crippen molar-refractivity contribution in [2.24, 2.45) is 5.73 Å². The Morgan fingerprint density at radius 2 is 1.84 bits per heavy atom. The fraction of sp³-hybridized carbons (Fsp3) is 0.867. The number of nitrogens with zero attached hydrogens (tertiary/aromatic N) is 3. The molecule has 0 saturated heterocycles. The number of hydrogen-bond donors (Lipinski definition) is 1. The lowest BCUT2D eigenvalue weighted by Gasteiger charge is -2.16. The van der Waals surface area contributed by atoms with Crippen LogP contribution in [0.2, 0.25) is 0 Å². The summed E-state index contributed by atoms with van der Waals surface area (Å²) >= 11 is 0. The lowest BCUT2D eigenvalue weighted by Crippen LogP contribution is -2.32. The van der Waals surface area contributed by atoms with Gasteiger partial charge in [-0.15, -0.1) is 5.10 Å². The van der Waals surface area contributed by atoms with Crippen LogP contribution in [0.3, 0.4) is 0 Å². The van der Waals surface area contributed by atoms with Crippen molar-refractivity contribution in [1.82, 2.24) is 15.0 Å². The van der Waals surface area contributed by atoms with E-state index in [-0.39, 0.29) is 5.54 Å². The lowest BCUT2D eigenvalue weighted by atomic mass is 9.99. The van der Waals surface area contributed by atoms with Crippen LogP contribution in [0.4, 0.5) is 0 Å². The van der Waals surface area contributed by atoms with E-state index in [0.717, 1.165) is 25.1 Å². The van der Waals surface area contributed by atoms with E-state index < -0.39 is 0 Å². The van der Waals surface area contributed by atoms with E-state index in [0.29, 0.717) is 0 Å². The third kappa shape index (κ3) is 7.98. The summed E-state index contributed by atoms with van der Waals surface area (Å²) in [5.74, 6) is 0. The first-order valence-electron chi connectivity index (χ1n) is 7.69. The van der Waals surface area contributed by atoms with Gasteiger partial charge in [0.25, 0.3) is 0 Å². The number of nitrogens with two attached hydrogens (primary N) is 1. The molecule has 4 heteroatoms. The zero-order chi connectivity index (χ0) is 14.1. The average molecular weight is 266 g/mol. The smallest absolute Gasteiger partial charge is 0.0827 e. The molecule has 4 nitrogen and oxygen atoms in total. The summed E-state index contributed by atoms with van der Waals surface area (Å²) in [6.45, 7) is 7.34. The highest BCUT2D eigenvalue weighted by Crippen LogP contribution is 2.09. The molecule has 19 heavy (non-hydrogen) atoms. The minimum absolute atomic E-state index is 0.122. The normalized spacial score (nSPS) is 12.0. The second-order valence-corrected chi connectivity index (χ2v) is 6.23. The van der Waals surface area contributed by atoms with Crippen LogP contribution in [0.1, 0.15) is 71.4 Å². The molecule has 0 aromatic carbocycles. The first kappa shape index (κ1) is 16.2. The van der Waals surface area contributed by atoms with Gasteiger partial charge in [-0.05, 0) is 33.1 Å². The highest BCUT2D eigenvalue weighted by molar-refractivity contribution is 4.94. The van der Waals surface area contributed by atoms with Gasteiger partial charge in [0.05, 0.1) is 5.69 Å². The van der Waals surface area contributed by atoms with Crippen molar-refractivity contribution in [3.63, 3.8) is 0 Å². The third-order valence-electron chi connectivity index (χ3n) is 3.35. The lowest BCUT2D eigenvalue weighted by molar-refractivity contribution is 0.474. The van der Waals surface area contributed by atoms with Crippen LogP contribution in [0, 0.1) is 0 Å². The minimum Gasteiger partial charge on any atom is -0.326 e. The van der Waals surface area contributed by atoms with Crippen molar-refractivity contribution in [2.45, 2.75) is 84.2 Å². The molecule has 0 radical (unpaired) electrons. The molecule has 0 atom stereocenters. The van der Waals surface area contributed by atoms with Gasteiger partial charge in [0.1, 0.15) is 0 Å². The first-order chi connectivity index (χ1) is 9.01. The van der Waals surface area contributed by atoms with E-state index in [4.69, 9.17) is 5.73 Å². The van der Waals surface area contributed by atoms with Crippen LogP contribution in [-0.2, 0) is 13.0 Å². The van der Waals surface area contributed by atoms with Crippen LogP contribution in [0.15, 0.2) is 6.20 Å². The van der Waals surface area contributed by atoms with Gasteiger partial charge in [-0.1, -0.05) is 44.2 Å². The maximum atomic E-state index is 5.97. The molecule has 1 rings (SSSR count). The molecule has 1 heterocycles. The van der Waals surface area contributed by atoms with Crippen molar-refractivity contribution >= 4 is 0 Å². The predicted molar refractivity (Wildman–Crippen MR) is 80.0 cm³/mol. The molecular weight excluding hydrogens is 236 g/mol. The minimum atomic E-state index is -0.122. The number of unbranched alkanes of at least 4 members (excludes halogenated alkanes) is 5. The SMILES string of the molecule is CCCCCCCCn1cc(CCC(C)(C)N)nn1. The Kier molecular flexibility index (Phi) is 7.06. The van der Waals surface area contributed by atoms with Crippen LogP contribution in [0.25, 0.3) is 0 Å². The van der Waals surface area contributed by atoms with Gasteiger partial charge in [-0.2, -0.15) is 0 Å². The number of rotatable bonds is 10. The van der Waals surface area contributed by atoms with Gasteiger partial charge >= 0.3 is 0 Å². The van der Waals surface area contributed by atoms with Crippen LogP contribution in [-0.4, -0.2) is 20.5 Å². The van der Waals surface area contributed by atoms with Crippen LogP contribution < -0.4 is 5.73 Å². The molecule has 2 N–H and O–H groups in total. The van der Waals surface area contributed by atoms with Gasteiger partial charge in [-0.3, -0.25) is 4.68 Å². The van der Waals surface area contributed by atoms with Crippen molar-refractivity contribution in [3.05, 3.63) is 11.9 Å². The van der Waals surface area contributed by atoms with Crippen molar-refractivity contribution in [1.29, 1.82) is 0 Å². The molecule has 1 aromatic heterocycles.